The molecule has 21 heavy (non-hydrogen) atoms. The van der Waals surface area contributed by atoms with Gasteiger partial charge in [0.1, 0.15) is 4.90 Å². The lowest BCUT2D eigenvalue weighted by Crippen LogP contribution is -2.28. The van der Waals surface area contributed by atoms with Gasteiger partial charge in [-0.15, -0.1) is 11.3 Å². The van der Waals surface area contributed by atoms with Gasteiger partial charge in [-0.2, -0.15) is 0 Å². The Balaban J connectivity index is 2.52. The van der Waals surface area contributed by atoms with E-state index >= 15 is 0 Å². The lowest BCUT2D eigenvalue weighted by molar-refractivity contribution is 0.592. The number of hydrogen-bond acceptors (Lipinski definition) is 4. The number of nitrogens with one attached hydrogen (secondary N) is 1. The Labute approximate surface area is 130 Å². The SMILES string of the molecule is CNCc1scc(C)c1S(=O)(=O)N(C)c1ccccc1C. The Morgan fingerprint density at radius 1 is 1.19 bits per heavy atom. The van der Waals surface area contributed by atoms with Crippen molar-refractivity contribution in [2.45, 2.75) is 25.3 Å². The second kappa shape index (κ2) is 6.17. The minimum Gasteiger partial charge on any atom is -0.315 e. The fraction of sp³-hybridized carbons (Fsp3) is 0.333. The van der Waals surface area contributed by atoms with Crippen molar-refractivity contribution in [3.05, 3.63) is 45.6 Å². The first-order valence-electron chi connectivity index (χ1n) is 6.65. The molecule has 0 aliphatic rings. The Morgan fingerprint density at radius 2 is 1.86 bits per heavy atom. The Kier molecular flexibility index (Phi) is 4.70. The predicted octanol–water partition coefficient (Wildman–Crippen LogP) is 2.91. The van der Waals surface area contributed by atoms with Crippen molar-refractivity contribution < 1.29 is 8.42 Å². The van der Waals surface area contributed by atoms with E-state index in [1.807, 2.05) is 50.5 Å². The molecule has 0 atom stereocenters. The van der Waals surface area contributed by atoms with Gasteiger partial charge in [-0.25, -0.2) is 8.42 Å². The van der Waals surface area contributed by atoms with E-state index in [9.17, 15) is 8.42 Å². The van der Waals surface area contributed by atoms with Crippen molar-refractivity contribution >= 4 is 27.0 Å². The first-order chi connectivity index (χ1) is 9.89. The molecule has 0 aliphatic heterocycles. The van der Waals surface area contributed by atoms with Crippen LogP contribution < -0.4 is 9.62 Å². The highest BCUT2D eigenvalue weighted by Gasteiger charge is 2.28. The summed E-state index contributed by atoms with van der Waals surface area (Å²) in [4.78, 5) is 1.27. The zero-order valence-electron chi connectivity index (χ0n) is 12.7. The molecule has 1 heterocycles. The van der Waals surface area contributed by atoms with Gasteiger partial charge in [0.25, 0.3) is 10.0 Å². The normalized spacial score (nSPS) is 11.6. The Bertz CT molecular complexity index is 736. The third kappa shape index (κ3) is 2.97. The van der Waals surface area contributed by atoms with Crippen molar-refractivity contribution in [2.24, 2.45) is 0 Å². The van der Waals surface area contributed by atoms with Crippen molar-refractivity contribution in [3.63, 3.8) is 0 Å². The van der Waals surface area contributed by atoms with E-state index in [0.717, 1.165) is 16.0 Å². The monoisotopic (exact) mass is 324 g/mol. The van der Waals surface area contributed by atoms with Gasteiger partial charge in [0.15, 0.2) is 0 Å². The standard InChI is InChI=1S/C15H20N2O2S2/c1-11-7-5-6-8-13(11)17(4)21(18,19)15-12(2)10-20-14(15)9-16-3/h5-8,10,16H,9H2,1-4H3. The molecule has 1 aromatic carbocycles. The van der Waals surface area contributed by atoms with Crippen molar-refractivity contribution in [1.82, 2.24) is 5.32 Å². The van der Waals surface area contributed by atoms with Gasteiger partial charge in [-0.3, -0.25) is 4.31 Å². The molecule has 2 aromatic rings. The molecule has 0 saturated heterocycles. The van der Waals surface area contributed by atoms with E-state index in [0.29, 0.717) is 17.1 Å². The molecule has 4 nitrogen and oxygen atoms in total. The molecule has 114 valence electrons. The quantitative estimate of drug-likeness (QED) is 0.920. The third-order valence-corrected chi connectivity index (χ3v) is 6.64. The van der Waals surface area contributed by atoms with Gasteiger partial charge in [-0.05, 0) is 43.5 Å². The van der Waals surface area contributed by atoms with Crippen LogP contribution in [0.4, 0.5) is 5.69 Å². The predicted molar refractivity (Wildman–Crippen MR) is 88.6 cm³/mol. The smallest absolute Gasteiger partial charge is 0.265 e. The minimum absolute atomic E-state index is 0.424. The summed E-state index contributed by atoms with van der Waals surface area (Å²) < 4.78 is 27.3. The summed E-state index contributed by atoms with van der Waals surface area (Å²) in [7, 11) is -0.126. The summed E-state index contributed by atoms with van der Waals surface area (Å²) in [6, 6.07) is 7.49. The molecule has 1 N–H and O–H groups in total. The van der Waals surface area contributed by atoms with Crippen LogP contribution in [0.15, 0.2) is 34.5 Å². The van der Waals surface area contributed by atoms with Crippen LogP contribution >= 0.6 is 11.3 Å². The van der Waals surface area contributed by atoms with Crippen LogP contribution in [0, 0.1) is 13.8 Å². The van der Waals surface area contributed by atoms with Gasteiger partial charge in [-0.1, -0.05) is 18.2 Å². The van der Waals surface area contributed by atoms with Gasteiger partial charge >= 0.3 is 0 Å². The van der Waals surface area contributed by atoms with Crippen LogP contribution in [0.1, 0.15) is 16.0 Å². The highest BCUT2D eigenvalue weighted by atomic mass is 32.2. The molecule has 0 fully saturated rings. The van der Waals surface area contributed by atoms with Crippen LogP contribution in [-0.4, -0.2) is 22.5 Å². The maximum absolute atomic E-state index is 13.0. The van der Waals surface area contributed by atoms with Gasteiger partial charge in [0, 0.05) is 18.5 Å². The summed E-state index contributed by atoms with van der Waals surface area (Å²) in [5.41, 5.74) is 2.44. The number of para-hydroxylation sites is 1. The fourth-order valence-corrected chi connectivity index (χ4v) is 5.33. The number of benzene rings is 1. The zero-order chi connectivity index (χ0) is 15.6. The first-order valence-corrected chi connectivity index (χ1v) is 8.97. The zero-order valence-corrected chi connectivity index (χ0v) is 14.3. The molecule has 0 unspecified atom stereocenters. The van der Waals surface area contributed by atoms with Crippen molar-refractivity contribution in [3.8, 4) is 0 Å². The number of thiophene rings is 1. The number of hydrogen-bond donors (Lipinski definition) is 1. The number of aryl methyl sites for hydroxylation is 2. The van der Waals surface area contributed by atoms with E-state index in [1.165, 1.54) is 15.6 Å². The molecule has 0 bridgehead atoms. The molecule has 0 amide bonds. The summed E-state index contributed by atoms with van der Waals surface area (Å²) in [6.07, 6.45) is 0. The fourth-order valence-electron chi connectivity index (χ4n) is 2.30. The second-order valence-electron chi connectivity index (χ2n) is 4.96. The van der Waals surface area contributed by atoms with Crippen molar-refractivity contribution in [1.29, 1.82) is 0 Å². The van der Waals surface area contributed by atoms with Crippen LogP contribution in [-0.2, 0) is 16.6 Å². The summed E-state index contributed by atoms with van der Waals surface area (Å²) >= 11 is 1.48. The average Bonchev–Trinajstić information content (AvgIpc) is 2.80. The topological polar surface area (TPSA) is 49.4 Å². The lowest BCUT2D eigenvalue weighted by atomic mass is 10.2. The summed E-state index contributed by atoms with van der Waals surface area (Å²) in [6.45, 7) is 4.30. The maximum atomic E-state index is 13.0. The second-order valence-corrected chi connectivity index (χ2v) is 7.83. The van der Waals surface area contributed by atoms with Crippen LogP contribution in [0.25, 0.3) is 0 Å². The molecule has 0 aliphatic carbocycles. The number of sulfonamides is 1. The maximum Gasteiger partial charge on any atom is 0.265 e. The Hall–Kier alpha value is -1.37. The van der Waals surface area contributed by atoms with E-state index in [-0.39, 0.29) is 0 Å². The van der Waals surface area contributed by atoms with E-state index in [4.69, 9.17) is 0 Å². The van der Waals surface area contributed by atoms with E-state index in [2.05, 4.69) is 5.32 Å². The number of anilines is 1. The average molecular weight is 324 g/mol. The number of rotatable bonds is 5. The van der Waals surface area contributed by atoms with Crippen LogP contribution in [0.2, 0.25) is 0 Å². The van der Waals surface area contributed by atoms with Gasteiger partial charge in [0.05, 0.1) is 5.69 Å². The van der Waals surface area contributed by atoms with Gasteiger partial charge < -0.3 is 5.32 Å². The molecule has 6 heteroatoms. The van der Waals surface area contributed by atoms with Crippen molar-refractivity contribution in [2.75, 3.05) is 18.4 Å². The molecule has 2 rings (SSSR count). The third-order valence-electron chi connectivity index (χ3n) is 3.40. The number of nitrogens with zero attached hydrogens (tertiary/aromatic N) is 1. The van der Waals surface area contributed by atoms with E-state index in [1.54, 1.807) is 7.05 Å². The molecule has 0 radical (unpaired) electrons. The highest BCUT2D eigenvalue weighted by molar-refractivity contribution is 7.93. The van der Waals surface area contributed by atoms with Crippen LogP contribution in [0.3, 0.4) is 0 Å². The largest absolute Gasteiger partial charge is 0.315 e. The van der Waals surface area contributed by atoms with E-state index < -0.39 is 10.0 Å². The van der Waals surface area contributed by atoms with Crippen LogP contribution in [0.5, 0.6) is 0 Å². The summed E-state index contributed by atoms with van der Waals surface area (Å²) in [5.74, 6) is 0. The first kappa shape index (κ1) is 16.0. The lowest BCUT2D eigenvalue weighted by Gasteiger charge is -2.22. The molecule has 0 saturated carbocycles. The molecular weight excluding hydrogens is 304 g/mol. The molecule has 0 spiro atoms. The molecular formula is C15H20N2O2S2. The molecule has 1 aromatic heterocycles. The Morgan fingerprint density at radius 3 is 2.48 bits per heavy atom. The van der Waals surface area contributed by atoms with Gasteiger partial charge in [0.2, 0.25) is 0 Å². The highest BCUT2D eigenvalue weighted by Crippen LogP contribution is 2.32. The minimum atomic E-state index is -3.55. The summed E-state index contributed by atoms with van der Waals surface area (Å²) in [5, 5.41) is 4.92.